The molecule has 2 bridgehead atoms. The van der Waals surface area contributed by atoms with Crippen LogP contribution in [0.5, 0.6) is 0 Å². The molecule has 0 aromatic rings. The topological polar surface area (TPSA) is 70.6 Å². The Bertz CT molecular complexity index is 597. The second kappa shape index (κ2) is 14.1. The molecule has 0 aliphatic carbocycles. The van der Waals surface area contributed by atoms with Gasteiger partial charge in [0.2, 0.25) is 0 Å². The van der Waals surface area contributed by atoms with Gasteiger partial charge >= 0.3 is 5.97 Å². The van der Waals surface area contributed by atoms with Crippen molar-refractivity contribution in [2.75, 3.05) is 13.1 Å². The van der Waals surface area contributed by atoms with E-state index < -0.39 is 5.97 Å². The Morgan fingerprint density at radius 1 is 1.00 bits per heavy atom. The van der Waals surface area contributed by atoms with Crippen LogP contribution in [0.3, 0.4) is 0 Å². The summed E-state index contributed by atoms with van der Waals surface area (Å²) < 4.78 is 6.17. The van der Waals surface area contributed by atoms with Crippen LogP contribution >= 0.6 is 24.4 Å². The molecule has 2 aliphatic rings. The maximum Gasteiger partial charge on any atom is 0.303 e. The number of carboxylic acid groups (broad SMARTS) is 1. The number of hydrogen-bond donors (Lipinski definition) is 3. The van der Waals surface area contributed by atoms with Gasteiger partial charge in [0.1, 0.15) is 0 Å². The average molecular weight is 455 g/mol. The monoisotopic (exact) mass is 454 g/mol. The summed E-state index contributed by atoms with van der Waals surface area (Å²) >= 11 is 10.9. The summed E-state index contributed by atoms with van der Waals surface area (Å²) in [4.78, 5) is 12.3. The van der Waals surface area contributed by atoms with Crippen molar-refractivity contribution in [2.24, 2.45) is 11.8 Å². The fourth-order valence-electron chi connectivity index (χ4n) is 4.50. The highest BCUT2D eigenvalue weighted by Crippen LogP contribution is 2.44. The highest BCUT2D eigenvalue weighted by atomic mass is 32.1. The number of allylic oxidation sites excluding steroid dienone is 2. The molecular weight excluding hydrogens is 416 g/mol. The predicted molar refractivity (Wildman–Crippen MR) is 130 cm³/mol. The molecule has 4 atom stereocenters. The molecule has 0 radical (unpaired) electrons. The zero-order valence-corrected chi connectivity index (χ0v) is 19.9. The van der Waals surface area contributed by atoms with Gasteiger partial charge in [0.05, 0.1) is 28.7 Å². The van der Waals surface area contributed by atoms with Crippen LogP contribution in [0, 0.1) is 11.8 Å². The summed E-state index contributed by atoms with van der Waals surface area (Å²) in [5.74, 6) is 0.271. The fourth-order valence-corrected chi connectivity index (χ4v) is 4.87. The molecule has 2 aliphatic heterocycles. The van der Waals surface area contributed by atoms with Crippen molar-refractivity contribution in [3.8, 4) is 0 Å². The normalized spacial score (nSPS) is 25.0. The smallest absolute Gasteiger partial charge is 0.303 e. The Morgan fingerprint density at radius 2 is 1.77 bits per heavy atom. The van der Waals surface area contributed by atoms with Gasteiger partial charge in [-0.05, 0) is 50.9 Å². The molecule has 0 spiro atoms. The lowest BCUT2D eigenvalue weighted by Gasteiger charge is -2.28. The first-order chi connectivity index (χ1) is 14.5. The molecule has 0 aromatic heterocycles. The zero-order chi connectivity index (χ0) is 21.8. The lowest BCUT2D eigenvalue weighted by atomic mass is 9.77. The van der Waals surface area contributed by atoms with Crippen molar-refractivity contribution in [3.63, 3.8) is 0 Å². The highest BCUT2D eigenvalue weighted by Gasteiger charge is 2.47. The van der Waals surface area contributed by atoms with Gasteiger partial charge in [-0.3, -0.25) is 4.79 Å². The van der Waals surface area contributed by atoms with Gasteiger partial charge in [-0.15, -0.1) is 0 Å². The quantitative estimate of drug-likeness (QED) is 0.187. The van der Waals surface area contributed by atoms with Crippen molar-refractivity contribution in [1.82, 2.24) is 10.6 Å². The largest absolute Gasteiger partial charge is 0.481 e. The highest BCUT2D eigenvalue weighted by molar-refractivity contribution is 7.80. The van der Waals surface area contributed by atoms with Crippen molar-refractivity contribution in [3.05, 3.63) is 12.2 Å². The van der Waals surface area contributed by atoms with Crippen LogP contribution in [0.15, 0.2) is 12.2 Å². The van der Waals surface area contributed by atoms with E-state index in [4.69, 9.17) is 34.3 Å². The molecular formula is C23H38N2O3S2. The van der Waals surface area contributed by atoms with Crippen LogP contribution in [0.4, 0.5) is 0 Å². The van der Waals surface area contributed by atoms with Crippen LogP contribution in [0.2, 0.25) is 0 Å². The van der Waals surface area contributed by atoms with Gasteiger partial charge in [0, 0.05) is 18.9 Å². The molecule has 0 aromatic carbocycles. The van der Waals surface area contributed by atoms with Gasteiger partial charge in [-0.1, -0.05) is 62.8 Å². The van der Waals surface area contributed by atoms with Crippen molar-refractivity contribution < 1.29 is 14.6 Å². The summed E-state index contributed by atoms with van der Waals surface area (Å²) in [6.07, 6.45) is 15.9. The number of carboxylic acids is 1. The minimum Gasteiger partial charge on any atom is -0.481 e. The van der Waals surface area contributed by atoms with Crippen LogP contribution in [0.1, 0.15) is 77.6 Å². The Morgan fingerprint density at radius 3 is 2.50 bits per heavy atom. The average Bonchev–Trinajstić information content (AvgIpc) is 3.32. The van der Waals surface area contributed by atoms with Gasteiger partial charge in [0.25, 0.3) is 0 Å². The summed E-state index contributed by atoms with van der Waals surface area (Å²) in [6.45, 7) is 3.67. The number of fused-ring (bicyclic) bond motifs is 2. The van der Waals surface area contributed by atoms with Crippen molar-refractivity contribution in [2.45, 2.75) is 89.8 Å². The molecule has 30 heavy (non-hydrogen) atoms. The first-order valence-electron chi connectivity index (χ1n) is 11.6. The number of rotatable bonds is 15. The third-order valence-electron chi connectivity index (χ3n) is 6.17. The molecule has 0 amide bonds. The van der Waals surface area contributed by atoms with E-state index in [1.165, 1.54) is 19.3 Å². The van der Waals surface area contributed by atoms with Gasteiger partial charge in [-0.2, -0.15) is 0 Å². The van der Waals surface area contributed by atoms with Crippen LogP contribution in [0.25, 0.3) is 0 Å². The number of unbranched alkanes of at least 4 members (excludes halogenated alkanes) is 4. The molecule has 0 saturated carbocycles. The van der Waals surface area contributed by atoms with E-state index in [0.717, 1.165) is 55.0 Å². The lowest BCUT2D eigenvalue weighted by Crippen LogP contribution is -2.41. The molecule has 2 rings (SSSR count). The standard InChI is InChI=1S/C23H38N2O3S2/c1-2-3-4-8-11-21(29)25-16-22(30)24-15-18-17(19-13-14-20(18)28-19)10-7-5-6-9-12-23(26)27/h5,7,17-20H,2-4,6,8-16H2,1H3,(H,24,30)(H,25,29)(H,26,27)/t17-,18+,19-,20+/m0/s1. The van der Waals surface area contributed by atoms with E-state index in [0.29, 0.717) is 37.0 Å². The predicted octanol–water partition coefficient (Wildman–Crippen LogP) is 4.79. The number of aliphatic carboxylic acids is 1. The summed E-state index contributed by atoms with van der Waals surface area (Å²) in [5, 5.41) is 15.4. The summed E-state index contributed by atoms with van der Waals surface area (Å²) in [6, 6.07) is 0. The molecule has 3 N–H and O–H groups in total. The van der Waals surface area contributed by atoms with Crippen LogP contribution < -0.4 is 10.6 Å². The minimum absolute atomic E-state index is 0.238. The second-order valence-corrected chi connectivity index (χ2v) is 9.49. The zero-order valence-electron chi connectivity index (χ0n) is 18.2. The Kier molecular flexibility index (Phi) is 11.8. The Labute approximate surface area is 192 Å². The molecule has 7 heteroatoms. The van der Waals surface area contributed by atoms with Gasteiger partial charge < -0.3 is 20.5 Å². The number of carbonyl (C=O) groups is 1. The second-order valence-electron chi connectivity index (χ2n) is 8.50. The molecule has 2 saturated heterocycles. The van der Waals surface area contributed by atoms with Gasteiger partial charge in [-0.25, -0.2) is 0 Å². The fraction of sp³-hybridized carbons (Fsp3) is 0.783. The summed E-state index contributed by atoms with van der Waals surface area (Å²) in [7, 11) is 0. The van der Waals surface area contributed by atoms with Crippen LogP contribution in [-0.4, -0.2) is 46.4 Å². The number of thiocarbonyl (C=S) groups is 2. The molecule has 170 valence electrons. The SMILES string of the molecule is CCCCCCC(=S)NCC(=S)NC[C@@H]1[C@H](CC=CCCCC(=O)O)[C@@H]2CC[C@H]1O2. The number of nitrogens with one attached hydrogen (secondary N) is 2. The first-order valence-corrected chi connectivity index (χ1v) is 12.4. The number of ether oxygens (including phenoxy) is 1. The maximum atomic E-state index is 10.6. The van der Waals surface area contributed by atoms with Crippen molar-refractivity contribution >= 4 is 40.4 Å². The molecule has 5 nitrogen and oxygen atoms in total. The lowest BCUT2D eigenvalue weighted by molar-refractivity contribution is -0.137. The third kappa shape index (κ3) is 8.98. The third-order valence-corrected chi connectivity index (χ3v) is 6.80. The van der Waals surface area contributed by atoms with Crippen molar-refractivity contribution in [1.29, 1.82) is 0 Å². The number of hydrogen-bond acceptors (Lipinski definition) is 4. The van der Waals surface area contributed by atoms with E-state index >= 15 is 0 Å². The van der Waals surface area contributed by atoms with E-state index in [2.05, 4.69) is 29.7 Å². The van der Waals surface area contributed by atoms with E-state index in [1.54, 1.807) is 0 Å². The Balaban J connectivity index is 1.66. The Hall–Kier alpha value is -1.05. The van der Waals surface area contributed by atoms with Crippen LogP contribution in [-0.2, 0) is 9.53 Å². The van der Waals surface area contributed by atoms with E-state index in [9.17, 15) is 4.79 Å². The molecule has 0 unspecified atom stereocenters. The van der Waals surface area contributed by atoms with Gasteiger partial charge in [0.15, 0.2) is 0 Å². The molecule has 2 fully saturated rings. The van der Waals surface area contributed by atoms with E-state index in [1.807, 2.05) is 0 Å². The van der Waals surface area contributed by atoms with E-state index in [-0.39, 0.29) is 6.42 Å². The molecule has 2 heterocycles. The maximum absolute atomic E-state index is 10.6. The minimum atomic E-state index is -0.723. The first kappa shape index (κ1) is 25.2. The summed E-state index contributed by atoms with van der Waals surface area (Å²) in [5.41, 5.74) is 0.